The molecule has 3 amide bonds. The third-order valence-corrected chi connectivity index (χ3v) is 5.07. The molecule has 1 atom stereocenters. The molecule has 1 aromatic rings. The third kappa shape index (κ3) is 7.15. The van der Waals surface area contributed by atoms with Gasteiger partial charge in [-0.05, 0) is 59.6 Å². The van der Waals surface area contributed by atoms with E-state index in [1.54, 1.807) is 24.0 Å². The van der Waals surface area contributed by atoms with Crippen molar-refractivity contribution < 1.29 is 19.4 Å². The fourth-order valence-corrected chi connectivity index (χ4v) is 4.15. The van der Waals surface area contributed by atoms with Crippen molar-refractivity contribution in [2.45, 2.75) is 70.7 Å². The van der Waals surface area contributed by atoms with E-state index in [2.05, 4.69) is 44.9 Å². The van der Waals surface area contributed by atoms with E-state index < -0.39 is 18.0 Å². The minimum atomic E-state index is -0.906. The van der Waals surface area contributed by atoms with Crippen LogP contribution in [0.4, 0.5) is 4.79 Å². The number of nitrogens with one attached hydrogen (secondary N) is 2. The largest absolute Gasteiger partial charge is 0.491 e. The number of imide groups is 1. The quantitative estimate of drug-likeness (QED) is 0.594. The van der Waals surface area contributed by atoms with Gasteiger partial charge in [-0.3, -0.25) is 10.1 Å². The highest BCUT2D eigenvalue weighted by Crippen LogP contribution is 2.31. The lowest BCUT2D eigenvalue weighted by atomic mass is 9.79. The number of hydrogen-bond donors (Lipinski definition) is 3. The van der Waals surface area contributed by atoms with Crippen LogP contribution in [0.5, 0.6) is 5.75 Å². The number of urea groups is 1. The zero-order valence-electron chi connectivity index (χ0n) is 18.7. The maximum absolute atomic E-state index is 13.0. The smallest absolute Gasteiger partial charge is 0.324 e. The van der Waals surface area contributed by atoms with E-state index in [4.69, 9.17) is 4.74 Å². The van der Waals surface area contributed by atoms with Crippen LogP contribution in [0, 0.1) is 0 Å². The van der Waals surface area contributed by atoms with E-state index in [-0.39, 0.29) is 35.8 Å². The van der Waals surface area contributed by atoms with Gasteiger partial charge in [-0.2, -0.15) is 0 Å². The lowest BCUT2D eigenvalue weighted by Gasteiger charge is -2.49. The second-order valence-corrected chi connectivity index (χ2v) is 9.42. The molecule has 1 saturated heterocycles. The van der Waals surface area contributed by atoms with Gasteiger partial charge in [0.05, 0.1) is 6.54 Å². The number of carbonyl (C=O) groups excluding carboxylic acids is 2. The number of amides is 3. The Kier molecular flexibility index (Phi) is 7.66. The highest BCUT2D eigenvalue weighted by Gasteiger charge is 2.42. The van der Waals surface area contributed by atoms with E-state index >= 15 is 0 Å². The van der Waals surface area contributed by atoms with Crippen LogP contribution in [-0.2, 0) is 4.79 Å². The maximum Gasteiger partial charge on any atom is 0.324 e. The van der Waals surface area contributed by atoms with Crippen LogP contribution in [0.1, 0.15) is 47.5 Å². The molecule has 0 bridgehead atoms. The Labute approximate surface area is 179 Å². The molecule has 0 aromatic heterocycles. The molecule has 30 heavy (non-hydrogen) atoms. The molecule has 2 rings (SSSR count). The number of carbonyl (C=O) groups is 2. The normalized spacial score (nSPS) is 18.9. The van der Waals surface area contributed by atoms with Gasteiger partial charge in [-0.25, -0.2) is 4.79 Å². The molecule has 0 spiro atoms. The summed E-state index contributed by atoms with van der Waals surface area (Å²) in [6.07, 6.45) is 0.478. The van der Waals surface area contributed by atoms with Gasteiger partial charge in [0.15, 0.2) is 0 Å². The molecular formula is C23H35N3O4. The van der Waals surface area contributed by atoms with Gasteiger partial charge < -0.3 is 20.1 Å². The Balaban J connectivity index is 2.14. The molecule has 7 heteroatoms. The Morgan fingerprint density at radius 3 is 2.33 bits per heavy atom. The van der Waals surface area contributed by atoms with Gasteiger partial charge in [0, 0.05) is 22.7 Å². The molecule has 166 valence electrons. The lowest BCUT2D eigenvalue weighted by Crippen LogP contribution is -2.64. The number of nitrogens with zero attached hydrogens (tertiary/aromatic N) is 1. The monoisotopic (exact) mass is 417 g/mol. The van der Waals surface area contributed by atoms with Crippen LogP contribution in [0.3, 0.4) is 0 Å². The minimum absolute atomic E-state index is 0.0416. The highest BCUT2D eigenvalue weighted by atomic mass is 16.5. The maximum atomic E-state index is 13.0. The summed E-state index contributed by atoms with van der Waals surface area (Å²) in [5, 5.41) is 16.6. The summed E-state index contributed by atoms with van der Waals surface area (Å²) in [6, 6.07) is 8.52. The number of hydrogen-bond acceptors (Lipinski definition) is 5. The zero-order chi connectivity index (χ0) is 22.5. The molecule has 1 fully saturated rings. The van der Waals surface area contributed by atoms with Crippen molar-refractivity contribution in [3.63, 3.8) is 0 Å². The van der Waals surface area contributed by atoms with E-state index in [0.717, 1.165) is 0 Å². The predicted molar refractivity (Wildman–Crippen MR) is 117 cm³/mol. The van der Waals surface area contributed by atoms with Crippen LogP contribution >= 0.6 is 0 Å². The second-order valence-electron chi connectivity index (χ2n) is 9.42. The third-order valence-electron chi connectivity index (χ3n) is 5.07. The standard InChI is InChI=1S/C23H35N3O4/c1-16(2)20(28)24-21(29)26(17-12-22(3,4)25-23(5,6)13-17)14-18(27)15-30-19-10-8-7-9-11-19/h7-11,17-18,25,27H,1,12-15H2,2-6H3,(H,24,28,29). The first-order valence-corrected chi connectivity index (χ1v) is 10.3. The summed E-state index contributed by atoms with van der Waals surface area (Å²) >= 11 is 0. The fourth-order valence-electron chi connectivity index (χ4n) is 4.15. The first-order valence-electron chi connectivity index (χ1n) is 10.3. The van der Waals surface area contributed by atoms with E-state index in [1.165, 1.54) is 0 Å². The Bertz CT molecular complexity index is 745. The molecule has 0 radical (unpaired) electrons. The van der Waals surface area contributed by atoms with E-state index in [9.17, 15) is 14.7 Å². The topological polar surface area (TPSA) is 90.9 Å². The number of aliphatic hydroxyl groups excluding tert-OH is 1. The molecular weight excluding hydrogens is 382 g/mol. The van der Waals surface area contributed by atoms with E-state index in [0.29, 0.717) is 18.6 Å². The van der Waals surface area contributed by atoms with Crippen molar-refractivity contribution in [2.75, 3.05) is 13.2 Å². The summed E-state index contributed by atoms with van der Waals surface area (Å²) in [7, 11) is 0. The van der Waals surface area contributed by atoms with Crippen molar-refractivity contribution in [3.8, 4) is 5.75 Å². The average molecular weight is 418 g/mol. The summed E-state index contributed by atoms with van der Waals surface area (Å²) in [5.41, 5.74) is -0.147. The van der Waals surface area contributed by atoms with Gasteiger partial charge in [-0.15, -0.1) is 0 Å². The van der Waals surface area contributed by atoms with Crippen molar-refractivity contribution in [1.29, 1.82) is 0 Å². The fraction of sp³-hybridized carbons (Fsp3) is 0.565. The summed E-state index contributed by atoms with van der Waals surface area (Å²) in [6.45, 7) is 13.6. The summed E-state index contributed by atoms with van der Waals surface area (Å²) in [4.78, 5) is 26.6. The first kappa shape index (κ1) is 23.9. The first-order chi connectivity index (χ1) is 13.9. The molecule has 0 aliphatic carbocycles. The second kappa shape index (κ2) is 9.62. The highest BCUT2D eigenvalue weighted by molar-refractivity contribution is 6.03. The van der Waals surface area contributed by atoms with E-state index in [1.807, 2.05) is 18.2 Å². The van der Waals surface area contributed by atoms with Crippen molar-refractivity contribution >= 4 is 11.9 Å². The van der Waals surface area contributed by atoms with Crippen molar-refractivity contribution in [1.82, 2.24) is 15.5 Å². The molecule has 0 saturated carbocycles. The van der Waals surface area contributed by atoms with Gasteiger partial charge in [-0.1, -0.05) is 24.8 Å². The molecule has 1 aromatic carbocycles. The van der Waals surface area contributed by atoms with Gasteiger partial charge in [0.25, 0.3) is 5.91 Å². The average Bonchev–Trinajstić information content (AvgIpc) is 2.62. The number of piperidine rings is 1. The van der Waals surface area contributed by atoms with Crippen LogP contribution in [-0.4, -0.2) is 58.3 Å². The molecule has 3 N–H and O–H groups in total. The van der Waals surface area contributed by atoms with Gasteiger partial charge in [0.1, 0.15) is 18.5 Å². The molecule has 1 aliphatic heterocycles. The van der Waals surface area contributed by atoms with Crippen molar-refractivity contribution in [3.05, 3.63) is 42.5 Å². The Morgan fingerprint density at radius 2 is 1.80 bits per heavy atom. The van der Waals surface area contributed by atoms with Crippen LogP contribution < -0.4 is 15.4 Å². The predicted octanol–water partition coefficient (Wildman–Crippen LogP) is 2.85. The number of ether oxygens (including phenoxy) is 1. The number of rotatable bonds is 7. The molecule has 7 nitrogen and oxygen atoms in total. The zero-order valence-corrected chi connectivity index (χ0v) is 18.7. The molecule has 1 aliphatic rings. The van der Waals surface area contributed by atoms with Crippen LogP contribution in [0.25, 0.3) is 0 Å². The Morgan fingerprint density at radius 1 is 1.23 bits per heavy atom. The summed E-state index contributed by atoms with van der Waals surface area (Å²) < 4.78 is 5.64. The van der Waals surface area contributed by atoms with Gasteiger partial charge in [0.2, 0.25) is 0 Å². The Hall–Kier alpha value is -2.38. The lowest BCUT2D eigenvalue weighted by molar-refractivity contribution is -0.116. The van der Waals surface area contributed by atoms with Crippen molar-refractivity contribution in [2.24, 2.45) is 0 Å². The van der Waals surface area contributed by atoms with Crippen LogP contribution in [0.2, 0.25) is 0 Å². The summed E-state index contributed by atoms with van der Waals surface area (Å²) in [5.74, 6) is 0.127. The van der Waals surface area contributed by atoms with Gasteiger partial charge >= 0.3 is 6.03 Å². The number of para-hydroxylation sites is 1. The van der Waals surface area contributed by atoms with Crippen LogP contribution in [0.15, 0.2) is 42.5 Å². The number of benzene rings is 1. The minimum Gasteiger partial charge on any atom is -0.491 e. The molecule has 1 heterocycles. The molecule has 1 unspecified atom stereocenters. The number of aliphatic hydroxyl groups is 1. The SMILES string of the molecule is C=C(C)C(=O)NC(=O)N(CC(O)COc1ccccc1)C1CC(C)(C)NC(C)(C)C1.